The zero-order chi connectivity index (χ0) is 14.0. The third kappa shape index (κ3) is 3.52. The fourth-order valence-electron chi connectivity index (χ4n) is 1.74. The number of nitrogens with zero attached hydrogens (tertiary/aromatic N) is 2. The molecular weight excluding hydrogens is 434 g/mol. The quantitative estimate of drug-likeness (QED) is 0.586. The molecular formula is C16H14FN2Pt-. The van der Waals surface area contributed by atoms with Crippen LogP contribution in [0.3, 0.4) is 0 Å². The molecule has 0 amide bonds. The van der Waals surface area contributed by atoms with E-state index in [0.717, 1.165) is 5.56 Å². The van der Waals surface area contributed by atoms with E-state index in [-0.39, 0.29) is 32.2 Å². The van der Waals surface area contributed by atoms with Crippen LogP contribution in [0.2, 0.25) is 0 Å². The summed E-state index contributed by atoms with van der Waals surface area (Å²) in [7, 11) is 0. The molecule has 20 heavy (non-hydrogen) atoms. The maximum atomic E-state index is 13.3. The fourth-order valence-corrected chi connectivity index (χ4v) is 1.74. The van der Waals surface area contributed by atoms with E-state index in [1.807, 2.05) is 12.1 Å². The summed E-state index contributed by atoms with van der Waals surface area (Å²) in [6.07, 6.45) is 1.73. The third-order valence-electron chi connectivity index (χ3n) is 2.90. The van der Waals surface area contributed by atoms with Crippen molar-refractivity contribution in [2.24, 2.45) is 0 Å². The maximum Gasteiger partial charge on any atom is 0.142 e. The standard InChI is InChI=1S/C16H14FN2.Pt/c1-16(2,3)12-7-8-19-14(10-12)11-5-6-13(17)15(9-11)18-4;/h6-10H,1-3H3;/q-1;. The first-order chi connectivity index (χ1) is 8.91. The van der Waals surface area contributed by atoms with Crippen molar-refractivity contribution >= 4 is 5.69 Å². The normalized spacial score (nSPS) is 10.6. The Kier molecular flexibility index (Phi) is 5.20. The van der Waals surface area contributed by atoms with Crippen LogP contribution in [0, 0.1) is 18.5 Å². The molecule has 0 atom stereocenters. The van der Waals surface area contributed by atoms with Gasteiger partial charge >= 0.3 is 0 Å². The average Bonchev–Trinajstić information content (AvgIpc) is 2.38. The number of hydrogen-bond donors (Lipinski definition) is 0. The van der Waals surface area contributed by atoms with Crippen molar-refractivity contribution in [1.82, 2.24) is 4.98 Å². The fraction of sp³-hybridized carbons (Fsp3) is 0.250. The maximum absolute atomic E-state index is 13.3. The molecule has 0 aliphatic rings. The van der Waals surface area contributed by atoms with E-state index < -0.39 is 5.82 Å². The summed E-state index contributed by atoms with van der Waals surface area (Å²) in [5.74, 6) is -0.550. The van der Waals surface area contributed by atoms with Crippen LogP contribution >= 0.6 is 0 Å². The van der Waals surface area contributed by atoms with Gasteiger partial charge in [-0.25, -0.2) is 0 Å². The summed E-state index contributed by atoms with van der Waals surface area (Å²) < 4.78 is 13.3. The third-order valence-corrected chi connectivity index (χ3v) is 2.90. The Bertz CT molecular complexity index is 654. The van der Waals surface area contributed by atoms with Gasteiger partial charge in [0.2, 0.25) is 0 Å². The second-order valence-corrected chi connectivity index (χ2v) is 5.37. The van der Waals surface area contributed by atoms with Crippen LogP contribution < -0.4 is 0 Å². The summed E-state index contributed by atoms with van der Waals surface area (Å²) in [5.41, 5.74) is 2.49. The van der Waals surface area contributed by atoms with Gasteiger partial charge in [0.25, 0.3) is 0 Å². The molecule has 4 heteroatoms. The minimum absolute atomic E-state index is 0. The van der Waals surface area contributed by atoms with Gasteiger partial charge in [-0.2, -0.15) is 0 Å². The van der Waals surface area contributed by atoms with Gasteiger partial charge in [-0.05, 0) is 22.7 Å². The number of benzene rings is 1. The molecule has 0 bridgehead atoms. The molecule has 0 aliphatic heterocycles. The molecule has 0 saturated heterocycles. The minimum atomic E-state index is -0.550. The summed E-state index contributed by atoms with van der Waals surface area (Å²) in [4.78, 5) is 7.43. The van der Waals surface area contributed by atoms with Crippen LogP contribution in [-0.2, 0) is 26.5 Å². The molecule has 0 unspecified atom stereocenters. The zero-order valence-corrected chi connectivity index (χ0v) is 13.7. The molecule has 1 aromatic carbocycles. The van der Waals surface area contributed by atoms with E-state index >= 15 is 0 Å². The Balaban J connectivity index is 0.00000200. The van der Waals surface area contributed by atoms with E-state index in [1.54, 1.807) is 6.20 Å². The van der Waals surface area contributed by atoms with Crippen molar-refractivity contribution in [2.75, 3.05) is 0 Å². The van der Waals surface area contributed by atoms with E-state index in [4.69, 9.17) is 6.57 Å². The van der Waals surface area contributed by atoms with Crippen LogP contribution in [0.4, 0.5) is 10.1 Å². The Morgan fingerprint density at radius 1 is 1.30 bits per heavy atom. The minimum Gasteiger partial charge on any atom is -0.305 e. The number of rotatable bonds is 1. The first-order valence-corrected chi connectivity index (χ1v) is 5.97. The SMILES string of the molecule is [C-]#[N+]c1cc(-c2cc(C(C)(C)C)ccn2)[c-]cc1F.[Pt]. The summed E-state index contributed by atoms with van der Waals surface area (Å²) >= 11 is 0. The summed E-state index contributed by atoms with van der Waals surface area (Å²) in [6, 6.07) is 9.41. The topological polar surface area (TPSA) is 17.2 Å². The van der Waals surface area contributed by atoms with Crippen molar-refractivity contribution in [2.45, 2.75) is 26.2 Å². The van der Waals surface area contributed by atoms with Gasteiger partial charge in [-0.15, -0.1) is 23.8 Å². The van der Waals surface area contributed by atoms with Crippen molar-refractivity contribution < 1.29 is 25.5 Å². The largest absolute Gasteiger partial charge is 0.305 e. The molecule has 0 radical (unpaired) electrons. The molecule has 0 spiro atoms. The Hall–Kier alpha value is -1.52. The van der Waals surface area contributed by atoms with Gasteiger partial charge in [-0.1, -0.05) is 26.8 Å². The predicted octanol–water partition coefficient (Wildman–Crippen LogP) is 4.53. The van der Waals surface area contributed by atoms with Crippen molar-refractivity contribution in [3.05, 3.63) is 59.3 Å². The van der Waals surface area contributed by atoms with E-state index in [9.17, 15) is 4.39 Å². The number of aromatic nitrogens is 1. The predicted molar refractivity (Wildman–Crippen MR) is 73.4 cm³/mol. The number of pyridine rings is 1. The van der Waals surface area contributed by atoms with Gasteiger partial charge in [0.05, 0.1) is 6.57 Å². The summed E-state index contributed by atoms with van der Waals surface area (Å²) in [5, 5.41) is 0. The molecule has 106 valence electrons. The number of hydrogen-bond acceptors (Lipinski definition) is 1. The molecule has 0 fully saturated rings. The van der Waals surface area contributed by atoms with Crippen LogP contribution in [0.25, 0.3) is 16.1 Å². The Morgan fingerprint density at radius 3 is 2.60 bits per heavy atom. The van der Waals surface area contributed by atoms with Crippen LogP contribution in [0.15, 0.2) is 30.5 Å². The average molecular weight is 448 g/mol. The second-order valence-electron chi connectivity index (χ2n) is 5.37. The first kappa shape index (κ1) is 16.5. The molecule has 0 saturated carbocycles. The smallest absolute Gasteiger partial charge is 0.142 e. The summed E-state index contributed by atoms with van der Waals surface area (Å²) in [6.45, 7) is 13.3. The Morgan fingerprint density at radius 2 is 2.00 bits per heavy atom. The van der Waals surface area contributed by atoms with E-state index in [1.165, 1.54) is 12.1 Å². The monoisotopic (exact) mass is 448 g/mol. The van der Waals surface area contributed by atoms with Gasteiger partial charge in [0.15, 0.2) is 0 Å². The second kappa shape index (κ2) is 6.29. The van der Waals surface area contributed by atoms with Crippen LogP contribution in [0.1, 0.15) is 26.3 Å². The molecule has 2 nitrogen and oxygen atoms in total. The van der Waals surface area contributed by atoms with Gasteiger partial charge in [0.1, 0.15) is 5.69 Å². The molecule has 1 aromatic heterocycles. The van der Waals surface area contributed by atoms with Crippen LogP contribution in [0.5, 0.6) is 0 Å². The van der Waals surface area contributed by atoms with Gasteiger partial charge in [0, 0.05) is 33.1 Å². The van der Waals surface area contributed by atoms with Crippen LogP contribution in [-0.4, -0.2) is 4.98 Å². The molecule has 1 heterocycles. The molecule has 0 N–H and O–H groups in total. The molecule has 2 aromatic rings. The van der Waals surface area contributed by atoms with Gasteiger partial charge < -0.3 is 4.98 Å². The van der Waals surface area contributed by atoms with Crippen molar-refractivity contribution in [1.29, 1.82) is 0 Å². The number of halogens is 1. The molecule has 0 aliphatic carbocycles. The Labute approximate surface area is 133 Å². The zero-order valence-electron chi connectivity index (χ0n) is 11.5. The van der Waals surface area contributed by atoms with Gasteiger partial charge in [-0.3, -0.25) is 9.24 Å². The van der Waals surface area contributed by atoms with Crippen molar-refractivity contribution in [3.63, 3.8) is 0 Å². The van der Waals surface area contributed by atoms with E-state index in [2.05, 4.69) is 36.7 Å². The molecule has 2 rings (SSSR count). The first-order valence-electron chi connectivity index (χ1n) is 5.97. The van der Waals surface area contributed by atoms with Crippen molar-refractivity contribution in [3.8, 4) is 11.3 Å². The van der Waals surface area contributed by atoms with E-state index in [0.29, 0.717) is 11.3 Å².